The summed E-state index contributed by atoms with van der Waals surface area (Å²) < 4.78 is 16.8. The van der Waals surface area contributed by atoms with Gasteiger partial charge in [0.05, 0.1) is 33.1 Å². The first-order chi connectivity index (χ1) is 15.7. The molecule has 0 saturated carbocycles. The van der Waals surface area contributed by atoms with E-state index in [0.717, 1.165) is 24.2 Å². The Morgan fingerprint density at radius 3 is 2.75 bits per heavy atom. The van der Waals surface area contributed by atoms with Crippen LogP contribution in [-0.2, 0) is 16.1 Å². The Labute approximate surface area is 187 Å². The number of methoxy groups -OCH3 is 1. The smallest absolute Gasteiger partial charge is 0.254 e. The van der Waals surface area contributed by atoms with Crippen LogP contribution < -0.4 is 14.9 Å². The Kier molecular flexibility index (Phi) is 7.32. The highest BCUT2D eigenvalue weighted by atomic mass is 16.5. The summed E-state index contributed by atoms with van der Waals surface area (Å²) in [6.07, 6.45) is 1.59. The molecule has 3 aromatic rings. The van der Waals surface area contributed by atoms with E-state index < -0.39 is 0 Å². The van der Waals surface area contributed by atoms with Gasteiger partial charge in [0, 0.05) is 13.1 Å². The van der Waals surface area contributed by atoms with Crippen LogP contribution in [0.25, 0.3) is 10.8 Å². The largest absolute Gasteiger partial charge is 0.493 e. The number of benzene rings is 3. The molecule has 7 heteroatoms. The maximum absolute atomic E-state index is 12.0. The Morgan fingerprint density at radius 2 is 1.91 bits per heavy atom. The van der Waals surface area contributed by atoms with Crippen molar-refractivity contribution in [2.24, 2.45) is 5.10 Å². The van der Waals surface area contributed by atoms with E-state index in [4.69, 9.17) is 14.2 Å². The van der Waals surface area contributed by atoms with Gasteiger partial charge in [-0.05, 0) is 40.1 Å². The van der Waals surface area contributed by atoms with E-state index in [-0.39, 0.29) is 5.91 Å². The molecule has 4 rings (SSSR count). The minimum absolute atomic E-state index is 0.148. The van der Waals surface area contributed by atoms with Crippen molar-refractivity contribution in [2.45, 2.75) is 6.61 Å². The molecule has 0 aromatic heterocycles. The number of carbonyl (C=O) groups is 1. The highest BCUT2D eigenvalue weighted by molar-refractivity contribution is 5.86. The summed E-state index contributed by atoms with van der Waals surface area (Å²) in [5, 5.41) is 6.42. The van der Waals surface area contributed by atoms with Gasteiger partial charge in [0.25, 0.3) is 5.91 Å². The van der Waals surface area contributed by atoms with Gasteiger partial charge in [0.2, 0.25) is 0 Å². The fourth-order valence-electron chi connectivity index (χ4n) is 3.63. The molecule has 0 radical (unpaired) electrons. The number of carbonyl (C=O) groups excluding carboxylic acids is 1. The van der Waals surface area contributed by atoms with Crippen LogP contribution in [0.3, 0.4) is 0 Å². The summed E-state index contributed by atoms with van der Waals surface area (Å²) >= 11 is 0. The third-order valence-electron chi connectivity index (χ3n) is 5.32. The van der Waals surface area contributed by atoms with Crippen molar-refractivity contribution in [3.05, 3.63) is 71.8 Å². The van der Waals surface area contributed by atoms with E-state index in [0.29, 0.717) is 37.9 Å². The molecule has 1 N–H and O–H groups in total. The maximum Gasteiger partial charge on any atom is 0.254 e. The number of rotatable bonds is 8. The van der Waals surface area contributed by atoms with Crippen molar-refractivity contribution < 1.29 is 19.0 Å². The SMILES string of the molecule is COc1cc(/C=N\NC(=O)CN2CCOCC2)ccc1OCc1cccc2ccccc12. The molecular weight excluding hydrogens is 406 g/mol. The molecule has 0 spiro atoms. The first-order valence-electron chi connectivity index (χ1n) is 10.6. The molecular formula is C25H27N3O4. The van der Waals surface area contributed by atoms with Gasteiger partial charge >= 0.3 is 0 Å². The lowest BCUT2D eigenvalue weighted by atomic mass is 10.1. The highest BCUT2D eigenvalue weighted by Gasteiger charge is 2.13. The van der Waals surface area contributed by atoms with E-state index in [9.17, 15) is 4.79 Å². The quantitative estimate of drug-likeness (QED) is 0.436. The van der Waals surface area contributed by atoms with Crippen LogP contribution in [0, 0.1) is 0 Å². The molecule has 32 heavy (non-hydrogen) atoms. The standard InChI is InChI=1S/C25H27N3O4/c1-30-24-15-19(16-26-27-25(29)17-28-11-13-31-14-12-28)9-10-23(24)32-18-21-7-4-6-20-5-2-3-8-22(20)21/h2-10,15-16H,11-14,17-18H2,1H3,(H,27,29)/b26-16-. The molecule has 166 valence electrons. The van der Waals surface area contributed by atoms with Crippen molar-refractivity contribution in [3.8, 4) is 11.5 Å². The maximum atomic E-state index is 12.0. The van der Waals surface area contributed by atoms with Crippen LogP contribution in [-0.4, -0.2) is 57.0 Å². The van der Waals surface area contributed by atoms with Gasteiger partial charge in [0.15, 0.2) is 11.5 Å². The second-order valence-corrected chi connectivity index (χ2v) is 7.52. The Hall–Kier alpha value is -3.42. The summed E-state index contributed by atoms with van der Waals surface area (Å²) in [5.74, 6) is 1.10. The first-order valence-corrected chi connectivity index (χ1v) is 10.6. The van der Waals surface area contributed by atoms with Crippen LogP contribution in [0.15, 0.2) is 65.8 Å². The van der Waals surface area contributed by atoms with Gasteiger partial charge < -0.3 is 14.2 Å². The Balaban J connectivity index is 1.36. The molecule has 1 aliphatic heterocycles. The third-order valence-corrected chi connectivity index (χ3v) is 5.32. The molecule has 1 saturated heterocycles. The topological polar surface area (TPSA) is 72.4 Å². The summed E-state index contributed by atoms with van der Waals surface area (Å²) in [5.41, 5.74) is 4.48. The summed E-state index contributed by atoms with van der Waals surface area (Å²) in [6.45, 7) is 3.58. The van der Waals surface area contributed by atoms with Gasteiger partial charge in [-0.25, -0.2) is 5.43 Å². The van der Waals surface area contributed by atoms with Crippen LogP contribution >= 0.6 is 0 Å². The Bertz CT molecular complexity index is 1090. The number of hydrogen-bond acceptors (Lipinski definition) is 6. The second-order valence-electron chi connectivity index (χ2n) is 7.52. The van der Waals surface area contributed by atoms with Crippen molar-refractivity contribution in [3.63, 3.8) is 0 Å². The first kappa shape index (κ1) is 21.8. The van der Waals surface area contributed by atoms with E-state index in [1.807, 2.05) is 41.3 Å². The van der Waals surface area contributed by atoms with Crippen LogP contribution in [0.5, 0.6) is 11.5 Å². The number of nitrogens with one attached hydrogen (secondary N) is 1. The lowest BCUT2D eigenvalue weighted by molar-refractivity contribution is -0.123. The fourth-order valence-corrected chi connectivity index (χ4v) is 3.63. The monoisotopic (exact) mass is 433 g/mol. The van der Waals surface area contributed by atoms with Gasteiger partial charge in [-0.1, -0.05) is 42.5 Å². The number of hydrogen-bond donors (Lipinski definition) is 1. The molecule has 7 nitrogen and oxygen atoms in total. The average molecular weight is 434 g/mol. The zero-order valence-corrected chi connectivity index (χ0v) is 18.1. The number of hydrazone groups is 1. The highest BCUT2D eigenvalue weighted by Crippen LogP contribution is 2.29. The van der Waals surface area contributed by atoms with Crippen LogP contribution in [0.2, 0.25) is 0 Å². The zero-order chi connectivity index (χ0) is 22.2. The lowest BCUT2D eigenvalue weighted by Gasteiger charge is -2.25. The predicted octanol–water partition coefficient (Wildman–Crippen LogP) is 3.21. The molecule has 0 bridgehead atoms. The molecule has 0 unspecified atom stereocenters. The fraction of sp³-hybridized carbons (Fsp3) is 0.280. The molecule has 1 heterocycles. The van der Waals surface area contributed by atoms with Crippen molar-refractivity contribution in [1.82, 2.24) is 10.3 Å². The number of ether oxygens (including phenoxy) is 3. The van der Waals surface area contributed by atoms with E-state index in [1.165, 1.54) is 10.8 Å². The number of nitrogens with zero attached hydrogens (tertiary/aromatic N) is 2. The van der Waals surface area contributed by atoms with E-state index in [2.05, 4.69) is 34.8 Å². The third kappa shape index (κ3) is 5.63. The molecule has 1 aliphatic rings. The second kappa shape index (κ2) is 10.7. The van der Waals surface area contributed by atoms with Gasteiger partial charge in [-0.2, -0.15) is 5.10 Å². The normalized spacial score (nSPS) is 14.5. The van der Waals surface area contributed by atoms with Gasteiger partial charge in [-0.15, -0.1) is 0 Å². The average Bonchev–Trinajstić information content (AvgIpc) is 2.83. The molecule has 3 aromatic carbocycles. The molecule has 0 aliphatic carbocycles. The van der Waals surface area contributed by atoms with Crippen LogP contribution in [0.4, 0.5) is 0 Å². The lowest BCUT2D eigenvalue weighted by Crippen LogP contribution is -2.42. The number of morpholine rings is 1. The van der Waals surface area contributed by atoms with Crippen LogP contribution in [0.1, 0.15) is 11.1 Å². The van der Waals surface area contributed by atoms with Gasteiger partial charge in [0.1, 0.15) is 6.61 Å². The van der Waals surface area contributed by atoms with E-state index >= 15 is 0 Å². The van der Waals surface area contributed by atoms with Crippen molar-refractivity contribution >= 4 is 22.9 Å². The molecule has 1 fully saturated rings. The van der Waals surface area contributed by atoms with Crippen molar-refractivity contribution in [2.75, 3.05) is 40.0 Å². The number of amides is 1. The minimum Gasteiger partial charge on any atom is -0.493 e. The van der Waals surface area contributed by atoms with Gasteiger partial charge in [-0.3, -0.25) is 9.69 Å². The minimum atomic E-state index is -0.148. The van der Waals surface area contributed by atoms with Crippen molar-refractivity contribution in [1.29, 1.82) is 0 Å². The molecule has 1 amide bonds. The number of fused-ring (bicyclic) bond motifs is 1. The summed E-state index contributed by atoms with van der Waals surface area (Å²) in [6, 6.07) is 20.0. The summed E-state index contributed by atoms with van der Waals surface area (Å²) in [7, 11) is 1.60. The molecule has 0 atom stereocenters. The zero-order valence-electron chi connectivity index (χ0n) is 18.1. The van der Waals surface area contributed by atoms with E-state index in [1.54, 1.807) is 13.3 Å². The summed E-state index contributed by atoms with van der Waals surface area (Å²) in [4.78, 5) is 14.1. The Morgan fingerprint density at radius 1 is 1.09 bits per heavy atom. The predicted molar refractivity (Wildman–Crippen MR) is 124 cm³/mol.